The maximum atomic E-state index is 13.6. The molecule has 2 N–H and O–H groups in total. The van der Waals surface area contributed by atoms with Gasteiger partial charge in [0.25, 0.3) is 5.91 Å². The van der Waals surface area contributed by atoms with Crippen molar-refractivity contribution < 1.29 is 18.8 Å². The summed E-state index contributed by atoms with van der Waals surface area (Å²) in [7, 11) is 0. The highest BCUT2D eigenvalue weighted by Crippen LogP contribution is 2.31. The minimum atomic E-state index is -1.22. The van der Waals surface area contributed by atoms with Crippen molar-refractivity contribution in [3.05, 3.63) is 66.0 Å². The molecule has 6 nitrogen and oxygen atoms in total. The molecule has 1 heterocycles. The second-order valence-corrected chi connectivity index (χ2v) is 6.97. The molecule has 0 aliphatic carbocycles. The number of nitrogens with zero attached hydrogens (tertiary/aromatic N) is 1. The molecule has 0 radical (unpaired) electrons. The van der Waals surface area contributed by atoms with Crippen LogP contribution in [0.3, 0.4) is 0 Å². The highest BCUT2D eigenvalue weighted by Gasteiger charge is 2.52. The van der Waals surface area contributed by atoms with Crippen molar-refractivity contribution >= 4 is 29.6 Å². The summed E-state index contributed by atoms with van der Waals surface area (Å²) in [5.74, 6) is -1.70. The Hall–Kier alpha value is -2.87. The molecule has 1 unspecified atom stereocenters. The van der Waals surface area contributed by atoms with Gasteiger partial charge >= 0.3 is 6.03 Å². The van der Waals surface area contributed by atoms with Crippen molar-refractivity contribution in [3.8, 4) is 0 Å². The standard InChI is InChI=1S/C19H18FN3O3S/c1-2-19(13-8-4-3-5-9-13)17(25)23(18(26)21-19)22-16(24)12-27-15-11-7-6-10-14(15)20/h3-11H,2,12H2,1H3,(H,21,26)(H,22,24). The van der Waals surface area contributed by atoms with Gasteiger partial charge in [-0.2, -0.15) is 5.01 Å². The van der Waals surface area contributed by atoms with Crippen molar-refractivity contribution in [2.24, 2.45) is 0 Å². The smallest absolute Gasteiger partial charge is 0.318 e. The van der Waals surface area contributed by atoms with E-state index in [1.807, 2.05) is 6.07 Å². The van der Waals surface area contributed by atoms with Crippen LogP contribution < -0.4 is 10.7 Å². The number of benzene rings is 2. The fourth-order valence-electron chi connectivity index (χ4n) is 2.90. The monoisotopic (exact) mass is 387 g/mol. The molecule has 8 heteroatoms. The second kappa shape index (κ2) is 7.79. The summed E-state index contributed by atoms with van der Waals surface area (Å²) in [5, 5.41) is 3.37. The van der Waals surface area contributed by atoms with E-state index >= 15 is 0 Å². The van der Waals surface area contributed by atoms with Gasteiger partial charge in [-0.3, -0.25) is 15.0 Å². The van der Waals surface area contributed by atoms with Crippen molar-refractivity contribution in [2.45, 2.75) is 23.8 Å². The lowest BCUT2D eigenvalue weighted by Crippen LogP contribution is -2.49. The third-order valence-electron chi connectivity index (χ3n) is 4.32. The van der Waals surface area contributed by atoms with Gasteiger partial charge < -0.3 is 5.32 Å². The predicted molar refractivity (Wildman–Crippen MR) is 99.1 cm³/mol. The summed E-state index contributed by atoms with van der Waals surface area (Å²) in [6.45, 7) is 1.78. The molecule has 140 valence electrons. The average Bonchev–Trinajstić information content (AvgIpc) is 2.93. The number of nitrogens with one attached hydrogen (secondary N) is 2. The van der Waals surface area contributed by atoms with E-state index in [0.29, 0.717) is 21.9 Å². The van der Waals surface area contributed by atoms with E-state index in [-0.39, 0.29) is 5.75 Å². The summed E-state index contributed by atoms with van der Waals surface area (Å²) in [6, 6.07) is 14.2. The largest absolute Gasteiger partial charge is 0.344 e. The Morgan fingerprint density at radius 2 is 1.81 bits per heavy atom. The number of rotatable bonds is 6. The Kier molecular flexibility index (Phi) is 5.46. The molecule has 0 saturated carbocycles. The Morgan fingerprint density at radius 1 is 1.15 bits per heavy atom. The molecular formula is C19H18FN3O3S. The lowest BCUT2D eigenvalue weighted by Gasteiger charge is -2.25. The maximum Gasteiger partial charge on any atom is 0.344 e. The van der Waals surface area contributed by atoms with Crippen molar-refractivity contribution in [1.82, 2.24) is 15.8 Å². The van der Waals surface area contributed by atoms with E-state index in [1.165, 1.54) is 6.07 Å². The van der Waals surface area contributed by atoms with Crippen LogP contribution in [-0.4, -0.2) is 28.6 Å². The minimum absolute atomic E-state index is 0.136. The summed E-state index contributed by atoms with van der Waals surface area (Å²) in [6.07, 6.45) is 0.331. The Balaban J connectivity index is 1.70. The average molecular weight is 387 g/mol. The zero-order chi connectivity index (χ0) is 19.4. The normalized spacial score (nSPS) is 19.1. The zero-order valence-electron chi connectivity index (χ0n) is 14.6. The van der Waals surface area contributed by atoms with Gasteiger partial charge in [0.2, 0.25) is 5.91 Å². The van der Waals surface area contributed by atoms with Gasteiger partial charge in [-0.15, -0.1) is 11.8 Å². The van der Waals surface area contributed by atoms with Gasteiger partial charge in [0.05, 0.1) is 5.75 Å². The van der Waals surface area contributed by atoms with Gasteiger partial charge in [0.1, 0.15) is 11.4 Å². The second-order valence-electron chi connectivity index (χ2n) is 5.95. The summed E-state index contributed by atoms with van der Waals surface area (Å²) < 4.78 is 13.6. The Labute approximate surface area is 160 Å². The molecule has 1 aliphatic rings. The first-order chi connectivity index (χ1) is 13.0. The molecule has 0 spiro atoms. The van der Waals surface area contributed by atoms with Crippen molar-refractivity contribution in [1.29, 1.82) is 0 Å². The third kappa shape index (κ3) is 3.66. The molecular weight excluding hydrogens is 369 g/mol. The van der Waals surface area contributed by atoms with Gasteiger partial charge in [0.15, 0.2) is 0 Å². The topological polar surface area (TPSA) is 78.5 Å². The van der Waals surface area contributed by atoms with E-state index < -0.39 is 29.2 Å². The van der Waals surface area contributed by atoms with E-state index in [9.17, 15) is 18.8 Å². The number of urea groups is 1. The first kappa shape index (κ1) is 18.9. The fourth-order valence-corrected chi connectivity index (χ4v) is 3.63. The van der Waals surface area contributed by atoms with Gasteiger partial charge in [-0.25, -0.2) is 9.18 Å². The molecule has 1 saturated heterocycles. The molecule has 1 aliphatic heterocycles. The molecule has 2 aromatic rings. The molecule has 1 fully saturated rings. The van der Waals surface area contributed by atoms with E-state index in [0.717, 1.165) is 11.8 Å². The number of hydrogen-bond acceptors (Lipinski definition) is 4. The van der Waals surface area contributed by atoms with Crippen LogP contribution in [0.5, 0.6) is 0 Å². The molecule has 3 rings (SSSR count). The van der Waals surface area contributed by atoms with Crippen LogP contribution in [0.1, 0.15) is 18.9 Å². The van der Waals surface area contributed by atoms with Crippen LogP contribution in [0.4, 0.5) is 9.18 Å². The molecule has 27 heavy (non-hydrogen) atoms. The minimum Gasteiger partial charge on any atom is -0.318 e. The van der Waals surface area contributed by atoms with Crippen LogP contribution in [-0.2, 0) is 15.1 Å². The lowest BCUT2D eigenvalue weighted by atomic mass is 9.87. The number of imide groups is 1. The SMILES string of the molecule is CCC1(c2ccccc2)NC(=O)N(NC(=O)CSc2ccccc2F)C1=O. The van der Waals surface area contributed by atoms with Crippen molar-refractivity contribution in [3.63, 3.8) is 0 Å². The van der Waals surface area contributed by atoms with Gasteiger partial charge in [-0.05, 0) is 24.1 Å². The van der Waals surface area contributed by atoms with Crippen LogP contribution in [0.25, 0.3) is 0 Å². The molecule has 1 atom stereocenters. The number of carbonyl (C=O) groups is 3. The molecule has 4 amide bonds. The number of hydrogen-bond donors (Lipinski definition) is 2. The number of carbonyl (C=O) groups excluding carboxylic acids is 3. The number of hydrazine groups is 1. The van der Waals surface area contributed by atoms with Crippen LogP contribution in [0.2, 0.25) is 0 Å². The quantitative estimate of drug-likeness (QED) is 0.590. The van der Waals surface area contributed by atoms with Gasteiger partial charge in [0, 0.05) is 4.90 Å². The molecule has 2 aromatic carbocycles. The first-order valence-corrected chi connectivity index (χ1v) is 9.35. The molecule has 0 aromatic heterocycles. The number of halogens is 1. The zero-order valence-corrected chi connectivity index (χ0v) is 15.4. The first-order valence-electron chi connectivity index (χ1n) is 8.37. The van der Waals surface area contributed by atoms with Crippen LogP contribution in [0, 0.1) is 5.82 Å². The fraction of sp³-hybridized carbons (Fsp3) is 0.211. The third-order valence-corrected chi connectivity index (χ3v) is 5.37. The van der Waals surface area contributed by atoms with Crippen molar-refractivity contribution in [2.75, 3.05) is 5.75 Å². The number of amides is 4. The lowest BCUT2D eigenvalue weighted by molar-refractivity contribution is -0.138. The van der Waals surface area contributed by atoms with E-state index in [4.69, 9.17) is 0 Å². The Bertz CT molecular complexity index is 878. The highest BCUT2D eigenvalue weighted by atomic mass is 32.2. The van der Waals surface area contributed by atoms with Crippen LogP contribution >= 0.6 is 11.8 Å². The maximum absolute atomic E-state index is 13.6. The van der Waals surface area contributed by atoms with Crippen LogP contribution in [0.15, 0.2) is 59.5 Å². The summed E-state index contributed by atoms with van der Waals surface area (Å²) in [5.41, 5.74) is 1.74. The Morgan fingerprint density at radius 3 is 2.48 bits per heavy atom. The highest BCUT2D eigenvalue weighted by molar-refractivity contribution is 8.00. The molecule has 0 bridgehead atoms. The predicted octanol–water partition coefficient (Wildman–Crippen LogP) is 2.81. The summed E-state index contributed by atoms with van der Waals surface area (Å²) >= 11 is 0.986. The van der Waals surface area contributed by atoms with E-state index in [1.54, 1.807) is 49.4 Å². The van der Waals surface area contributed by atoms with E-state index in [2.05, 4.69) is 10.7 Å². The van der Waals surface area contributed by atoms with Gasteiger partial charge in [-0.1, -0.05) is 49.4 Å². The number of thioether (sulfide) groups is 1. The summed E-state index contributed by atoms with van der Waals surface area (Å²) in [4.78, 5) is 37.7.